The lowest BCUT2D eigenvalue weighted by atomic mass is 10.0. The van der Waals surface area contributed by atoms with Gasteiger partial charge in [-0.1, -0.05) is 60.7 Å². The van der Waals surface area contributed by atoms with Crippen LogP contribution in [0.15, 0.2) is 72.9 Å². The standard InChI is InChI=1S/C28H27N3O6S/c32-25(33)14-22(30-27(35)24(38)12-16-9-10-17-5-1-2-6-18(17)11-16)26(34)31-23(28(36)37)13-19-15-29-21-8-4-3-7-20(19)21/h1-11,15,22-24,29,38H,12-14H2,(H,30,35)(H,31,34)(H,32,33)(H,36,37). The molecule has 5 N–H and O–H groups in total. The maximum Gasteiger partial charge on any atom is 0.326 e. The molecule has 0 saturated heterocycles. The van der Waals surface area contributed by atoms with E-state index >= 15 is 0 Å². The molecule has 2 amide bonds. The van der Waals surface area contributed by atoms with Crippen LogP contribution in [0.2, 0.25) is 0 Å². The molecule has 3 atom stereocenters. The molecule has 9 nitrogen and oxygen atoms in total. The Morgan fingerprint density at radius 2 is 1.50 bits per heavy atom. The van der Waals surface area contributed by atoms with Gasteiger partial charge in [0, 0.05) is 23.5 Å². The van der Waals surface area contributed by atoms with Crippen LogP contribution in [0.4, 0.5) is 0 Å². The number of aromatic nitrogens is 1. The number of hydrogen-bond donors (Lipinski definition) is 6. The van der Waals surface area contributed by atoms with Crippen LogP contribution in [0.5, 0.6) is 0 Å². The predicted molar refractivity (Wildman–Crippen MR) is 146 cm³/mol. The highest BCUT2D eigenvalue weighted by Crippen LogP contribution is 2.20. The number of benzene rings is 3. The molecule has 3 unspecified atom stereocenters. The van der Waals surface area contributed by atoms with Gasteiger partial charge in [0.15, 0.2) is 0 Å². The summed E-state index contributed by atoms with van der Waals surface area (Å²) in [6.07, 6.45) is 1.17. The van der Waals surface area contributed by atoms with Crippen molar-refractivity contribution < 1.29 is 29.4 Å². The number of aromatic amines is 1. The predicted octanol–water partition coefficient (Wildman–Crippen LogP) is 2.93. The number of nitrogens with one attached hydrogen (secondary N) is 3. The number of rotatable bonds is 11. The van der Waals surface area contributed by atoms with Crippen LogP contribution >= 0.6 is 12.6 Å². The minimum absolute atomic E-state index is 0.0318. The number of fused-ring (bicyclic) bond motifs is 2. The van der Waals surface area contributed by atoms with Gasteiger partial charge in [0.1, 0.15) is 12.1 Å². The summed E-state index contributed by atoms with van der Waals surface area (Å²) in [6.45, 7) is 0. The van der Waals surface area contributed by atoms with E-state index in [-0.39, 0.29) is 12.8 Å². The highest BCUT2D eigenvalue weighted by molar-refractivity contribution is 7.81. The number of aliphatic carboxylic acids is 2. The van der Waals surface area contributed by atoms with Crippen LogP contribution < -0.4 is 10.6 Å². The summed E-state index contributed by atoms with van der Waals surface area (Å²) in [7, 11) is 0. The summed E-state index contributed by atoms with van der Waals surface area (Å²) < 4.78 is 0. The molecule has 0 aliphatic carbocycles. The number of amides is 2. The fraction of sp³-hybridized carbons (Fsp3) is 0.214. The Labute approximate surface area is 223 Å². The van der Waals surface area contributed by atoms with Crippen molar-refractivity contribution in [1.82, 2.24) is 15.6 Å². The Kier molecular flexibility index (Phi) is 8.32. The van der Waals surface area contributed by atoms with E-state index in [0.29, 0.717) is 5.56 Å². The summed E-state index contributed by atoms with van der Waals surface area (Å²) in [6, 6.07) is 18.0. The number of carboxylic acids is 2. The van der Waals surface area contributed by atoms with E-state index in [1.807, 2.05) is 66.7 Å². The molecule has 3 aromatic carbocycles. The highest BCUT2D eigenvalue weighted by Gasteiger charge is 2.30. The Bertz CT molecular complexity index is 1500. The van der Waals surface area contributed by atoms with Crippen molar-refractivity contribution in [3.63, 3.8) is 0 Å². The molecule has 0 radical (unpaired) electrons. The Balaban J connectivity index is 1.43. The average Bonchev–Trinajstić information content (AvgIpc) is 3.30. The SMILES string of the molecule is O=C(O)CC(NC(=O)C(S)Cc1ccc2ccccc2c1)C(=O)NC(Cc1c[nH]c2ccccc12)C(=O)O. The Morgan fingerprint density at radius 1 is 0.816 bits per heavy atom. The minimum Gasteiger partial charge on any atom is -0.481 e. The third kappa shape index (κ3) is 6.51. The lowest BCUT2D eigenvalue weighted by Gasteiger charge is -2.22. The lowest BCUT2D eigenvalue weighted by molar-refractivity contribution is -0.143. The molecule has 38 heavy (non-hydrogen) atoms. The highest BCUT2D eigenvalue weighted by atomic mass is 32.1. The average molecular weight is 534 g/mol. The number of carbonyl (C=O) groups is 4. The Hall–Kier alpha value is -4.31. The van der Waals surface area contributed by atoms with E-state index in [9.17, 15) is 29.4 Å². The molecule has 0 aliphatic rings. The molecule has 10 heteroatoms. The van der Waals surface area contributed by atoms with Gasteiger partial charge in [-0.2, -0.15) is 12.6 Å². The third-order valence-corrected chi connectivity index (χ3v) is 6.69. The molecule has 0 aliphatic heterocycles. The van der Waals surface area contributed by atoms with Gasteiger partial charge in [-0.05, 0) is 34.4 Å². The van der Waals surface area contributed by atoms with Crippen molar-refractivity contribution in [1.29, 1.82) is 0 Å². The smallest absolute Gasteiger partial charge is 0.326 e. The van der Waals surface area contributed by atoms with Crippen molar-refractivity contribution in [3.05, 3.63) is 84.1 Å². The van der Waals surface area contributed by atoms with Crippen molar-refractivity contribution in [2.45, 2.75) is 36.6 Å². The van der Waals surface area contributed by atoms with E-state index in [4.69, 9.17) is 0 Å². The quantitative estimate of drug-likeness (QED) is 0.163. The van der Waals surface area contributed by atoms with E-state index in [0.717, 1.165) is 27.2 Å². The molecule has 0 spiro atoms. The van der Waals surface area contributed by atoms with E-state index in [1.165, 1.54) is 0 Å². The van der Waals surface area contributed by atoms with Crippen molar-refractivity contribution in [3.8, 4) is 0 Å². The molecule has 0 fully saturated rings. The fourth-order valence-corrected chi connectivity index (χ4v) is 4.61. The summed E-state index contributed by atoms with van der Waals surface area (Å²) in [5.41, 5.74) is 2.35. The zero-order chi connectivity index (χ0) is 27.2. The lowest BCUT2D eigenvalue weighted by Crippen LogP contribution is -2.54. The van der Waals surface area contributed by atoms with Gasteiger partial charge in [0.25, 0.3) is 0 Å². The minimum atomic E-state index is -1.48. The number of carbonyl (C=O) groups excluding carboxylic acids is 2. The third-order valence-electron chi connectivity index (χ3n) is 6.27. The summed E-state index contributed by atoms with van der Waals surface area (Å²) in [5.74, 6) is -4.14. The van der Waals surface area contributed by atoms with Crippen LogP contribution in [-0.2, 0) is 32.0 Å². The van der Waals surface area contributed by atoms with Crippen LogP contribution in [0.1, 0.15) is 17.5 Å². The molecular formula is C28H27N3O6S. The first kappa shape index (κ1) is 26.7. The van der Waals surface area contributed by atoms with E-state index < -0.39 is 47.5 Å². The first-order valence-corrected chi connectivity index (χ1v) is 12.5. The van der Waals surface area contributed by atoms with Crippen LogP contribution in [0, 0.1) is 0 Å². The number of para-hydroxylation sites is 1. The van der Waals surface area contributed by atoms with E-state index in [1.54, 1.807) is 6.20 Å². The zero-order valence-corrected chi connectivity index (χ0v) is 21.2. The van der Waals surface area contributed by atoms with Gasteiger partial charge in [0.05, 0.1) is 11.7 Å². The van der Waals surface area contributed by atoms with Crippen LogP contribution in [0.25, 0.3) is 21.7 Å². The van der Waals surface area contributed by atoms with Gasteiger partial charge in [-0.15, -0.1) is 0 Å². The maximum atomic E-state index is 13.0. The first-order valence-electron chi connectivity index (χ1n) is 12.0. The summed E-state index contributed by atoms with van der Waals surface area (Å²) in [5, 5.41) is 25.9. The molecule has 4 aromatic rings. The molecule has 1 heterocycles. The number of H-pyrrole nitrogens is 1. The maximum absolute atomic E-state index is 13.0. The molecular weight excluding hydrogens is 506 g/mol. The second-order valence-electron chi connectivity index (χ2n) is 9.02. The van der Waals surface area contributed by atoms with E-state index in [2.05, 4.69) is 28.2 Å². The van der Waals surface area contributed by atoms with Crippen molar-refractivity contribution in [2.75, 3.05) is 0 Å². The first-order chi connectivity index (χ1) is 18.2. The topological polar surface area (TPSA) is 149 Å². The molecule has 0 saturated carbocycles. The normalized spacial score (nSPS) is 13.5. The monoisotopic (exact) mass is 533 g/mol. The van der Waals surface area contributed by atoms with Gasteiger partial charge < -0.3 is 25.8 Å². The van der Waals surface area contributed by atoms with Gasteiger partial charge >= 0.3 is 11.9 Å². The zero-order valence-electron chi connectivity index (χ0n) is 20.3. The molecule has 196 valence electrons. The van der Waals surface area contributed by atoms with Gasteiger partial charge in [-0.25, -0.2) is 4.79 Å². The largest absolute Gasteiger partial charge is 0.481 e. The Morgan fingerprint density at radius 3 is 2.24 bits per heavy atom. The van der Waals surface area contributed by atoms with Gasteiger partial charge in [-0.3, -0.25) is 14.4 Å². The van der Waals surface area contributed by atoms with Crippen LogP contribution in [-0.4, -0.2) is 56.3 Å². The second kappa shape index (κ2) is 11.8. The number of carboxylic acid groups (broad SMARTS) is 2. The number of thiol groups is 1. The van der Waals surface area contributed by atoms with Gasteiger partial charge in [0.2, 0.25) is 11.8 Å². The summed E-state index contributed by atoms with van der Waals surface area (Å²) in [4.78, 5) is 52.2. The number of hydrogen-bond acceptors (Lipinski definition) is 5. The summed E-state index contributed by atoms with van der Waals surface area (Å²) >= 11 is 4.37. The fourth-order valence-electron chi connectivity index (χ4n) is 4.33. The van der Waals surface area contributed by atoms with Crippen molar-refractivity contribution in [2.24, 2.45) is 0 Å². The van der Waals surface area contributed by atoms with Crippen LogP contribution in [0.3, 0.4) is 0 Å². The molecule has 0 bridgehead atoms. The molecule has 1 aromatic heterocycles. The second-order valence-corrected chi connectivity index (χ2v) is 9.65. The van der Waals surface area contributed by atoms with Crippen molar-refractivity contribution >= 4 is 58.1 Å². The molecule has 4 rings (SSSR count).